The molecule has 1 aliphatic heterocycles. The van der Waals surface area contributed by atoms with E-state index in [1.807, 2.05) is 13.8 Å². The monoisotopic (exact) mass is 200 g/mol. The maximum absolute atomic E-state index is 11.8. The van der Waals surface area contributed by atoms with Crippen LogP contribution < -0.4 is 5.73 Å². The predicted octanol–water partition coefficient (Wildman–Crippen LogP) is -0.332. The van der Waals surface area contributed by atoms with Crippen LogP contribution in [0.5, 0.6) is 0 Å². The normalized spacial score (nSPS) is 19.6. The van der Waals surface area contributed by atoms with Crippen LogP contribution in [-0.2, 0) is 4.79 Å². The summed E-state index contributed by atoms with van der Waals surface area (Å²) in [5.41, 5.74) is 5.56. The fraction of sp³-hybridized carbons (Fsp3) is 0.900. The molecular weight excluding hydrogens is 180 g/mol. The number of hydrogen-bond donors (Lipinski definition) is 2. The van der Waals surface area contributed by atoms with Crippen LogP contribution in [0.15, 0.2) is 0 Å². The van der Waals surface area contributed by atoms with E-state index in [9.17, 15) is 4.79 Å². The van der Waals surface area contributed by atoms with Gasteiger partial charge in [0.2, 0.25) is 5.91 Å². The fourth-order valence-corrected chi connectivity index (χ4v) is 1.76. The highest BCUT2D eigenvalue weighted by atomic mass is 16.3. The Hall–Kier alpha value is -0.610. The van der Waals surface area contributed by atoms with Gasteiger partial charge < -0.3 is 15.7 Å². The zero-order valence-corrected chi connectivity index (χ0v) is 8.94. The lowest BCUT2D eigenvalue weighted by Crippen LogP contribution is -2.54. The van der Waals surface area contributed by atoms with Crippen molar-refractivity contribution < 1.29 is 9.90 Å². The van der Waals surface area contributed by atoms with Gasteiger partial charge in [-0.05, 0) is 5.92 Å². The maximum atomic E-state index is 11.8. The van der Waals surface area contributed by atoms with Crippen molar-refractivity contribution in [1.29, 1.82) is 0 Å². The lowest BCUT2D eigenvalue weighted by molar-refractivity contribution is -0.144. The number of amides is 1. The van der Waals surface area contributed by atoms with Gasteiger partial charge in [0, 0.05) is 32.2 Å². The number of nitrogens with two attached hydrogens (primary N) is 1. The first-order chi connectivity index (χ1) is 6.60. The molecule has 82 valence electrons. The molecule has 1 unspecified atom stereocenters. The van der Waals surface area contributed by atoms with E-state index in [-0.39, 0.29) is 24.3 Å². The molecule has 0 aromatic carbocycles. The van der Waals surface area contributed by atoms with Crippen molar-refractivity contribution in [1.82, 2.24) is 4.90 Å². The number of carbonyl (C=O) groups excluding carboxylic acids is 1. The van der Waals surface area contributed by atoms with Crippen molar-refractivity contribution in [3.63, 3.8) is 0 Å². The number of aliphatic hydroxyl groups excluding tert-OH is 1. The minimum atomic E-state index is -0.0605. The molecule has 0 aromatic heterocycles. The second-order valence-electron chi connectivity index (χ2n) is 4.38. The third kappa shape index (κ3) is 2.25. The Balaban J connectivity index is 2.41. The average molecular weight is 200 g/mol. The molecule has 1 atom stereocenters. The Morgan fingerprint density at radius 3 is 2.50 bits per heavy atom. The van der Waals surface area contributed by atoms with E-state index in [1.54, 1.807) is 4.90 Å². The summed E-state index contributed by atoms with van der Waals surface area (Å²) in [7, 11) is 0. The second-order valence-corrected chi connectivity index (χ2v) is 4.38. The number of aliphatic hydroxyl groups is 1. The Morgan fingerprint density at radius 1 is 1.57 bits per heavy atom. The Labute approximate surface area is 85.1 Å². The van der Waals surface area contributed by atoms with Crippen molar-refractivity contribution in [3.8, 4) is 0 Å². The van der Waals surface area contributed by atoms with E-state index in [2.05, 4.69) is 0 Å². The van der Waals surface area contributed by atoms with E-state index in [0.29, 0.717) is 25.6 Å². The molecule has 1 heterocycles. The van der Waals surface area contributed by atoms with E-state index < -0.39 is 0 Å². The molecule has 1 amide bonds. The van der Waals surface area contributed by atoms with Gasteiger partial charge >= 0.3 is 0 Å². The first kappa shape index (κ1) is 11.5. The third-order valence-electron chi connectivity index (χ3n) is 2.90. The molecule has 14 heavy (non-hydrogen) atoms. The molecule has 1 fully saturated rings. The van der Waals surface area contributed by atoms with Crippen LogP contribution in [0.4, 0.5) is 0 Å². The van der Waals surface area contributed by atoms with Crippen LogP contribution in [0.3, 0.4) is 0 Å². The Bertz CT molecular complexity index is 200. The molecule has 1 aliphatic rings. The molecule has 0 radical (unpaired) electrons. The summed E-state index contributed by atoms with van der Waals surface area (Å²) in [5.74, 6) is 0.659. The molecule has 4 heteroatoms. The SMILES string of the molecule is CC(C)C(CN)C(=O)N1CC(CO)C1. The highest BCUT2D eigenvalue weighted by Crippen LogP contribution is 2.20. The van der Waals surface area contributed by atoms with E-state index in [0.717, 1.165) is 0 Å². The topological polar surface area (TPSA) is 66.6 Å². The standard InChI is InChI=1S/C10H20N2O2/c1-7(2)9(3-11)10(14)12-4-8(5-12)6-13/h7-9,13H,3-6,11H2,1-2H3. The largest absolute Gasteiger partial charge is 0.396 e. The molecule has 1 rings (SSSR count). The van der Waals surface area contributed by atoms with E-state index in [1.165, 1.54) is 0 Å². The summed E-state index contributed by atoms with van der Waals surface area (Å²) >= 11 is 0. The van der Waals surface area contributed by atoms with Crippen molar-refractivity contribution in [2.45, 2.75) is 13.8 Å². The van der Waals surface area contributed by atoms with E-state index in [4.69, 9.17) is 10.8 Å². The summed E-state index contributed by atoms with van der Waals surface area (Å²) in [6, 6.07) is 0. The fourth-order valence-electron chi connectivity index (χ4n) is 1.76. The van der Waals surface area contributed by atoms with Crippen molar-refractivity contribution >= 4 is 5.91 Å². The zero-order valence-electron chi connectivity index (χ0n) is 8.94. The van der Waals surface area contributed by atoms with Gasteiger partial charge in [0.15, 0.2) is 0 Å². The molecule has 0 bridgehead atoms. The Morgan fingerprint density at radius 2 is 2.14 bits per heavy atom. The minimum absolute atomic E-state index is 0.0605. The van der Waals surface area contributed by atoms with E-state index >= 15 is 0 Å². The Kier molecular flexibility index (Phi) is 3.89. The zero-order chi connectivity index (χ0) is 10.7. The average Bonchev–Trinajstić information content (AvgIpc) is 2.02. The first-order valence-electron chi connectivity index (χ1n) is 5.19. The molecule has 0 aromatic rings. The second kappa shape index (κ2) is 4.75. The van der Waals surface area contributed by atoms with Gasteiger partial charge in [0.05, 0.1) is 5.92 Å². The van der Waals surface area contributed by atoms with Crippen LogP contribution in [0.25, 0.3) is 0 Å². The number of rotatable bonds is 4. The third-order valence-corrected chi connectivity index (χ3v) is 2.90. The van der Waals surface area contributed by atoms with Crippen LogP contribution in [0.2, 0.25) is 0 Å². The number of carbonyl (C=O) groups is 1. The van der Waals surface area contributed by atoms with Crippen LogP contribution >= 0.6 is 0 Å². The minimum Gasteiger partial charge on any atom is -0.396 e. The van der Waals surface area contributed by atoms with Crippen LogP contribution in [0.1, 0.15) is 13.8 Å². The van der Waals surface area contributed by atoms with Gasteiger partial charge in [0.1, 0.15) is 0 Å². The van der Waals surface area contributed by atoms with Gasteiger partial charge in [-0.1, -0.05) is 13.8 Å². The summed E-state index contributed by atoms with van der Waals surface area (Å²) in [4.78, 5) is 13.6. The molecule has 0 saturated carbocycles. The predicted molar refractivity (Wildman–Crippen MR) is 54.5 cm³/mol. The summed E-state index contributed by atoms with van der Waals surface area (Å²) in [5, 5.41) is 8.83. The van der Waals surface area contributed by atoms with Gasteiger partial charge in [0.25, 0.3) is 0 Å². The van der Waals surface area contributed by atoms with Crippen LogP contribution in [-0.4, -0.2) is 42.2 Å². The van der Waals surface area contributed by atoms with Gasteiger partial charge in [-0.2, -0.15) is 0 Å². The smallest absolute Gasteiger partial charge is 0.227 e. The summed E-state index contributed by atoms with van der Waals surface area (Å²) in [6.45, 7) is 6.00. The number of nitrogens with zero attached hydrogens (tertiary/aromatic N) is 1. The molecule has 0 aliphatic carbocycles. The van der Waals surface area contributed by atoms with Crippen LogP contribution in [0, 0.1) is 17.8 Å². The number of hydrogen-bond acceptors (Lipinski definition) is 3. The summed E-state index contributed by atoms with van der Waals surface area (Å²) < 4.78 is 0. The highest BCUT2D eigenvalue weighted by molar-refractivity contribution is 5.80. The first-order valence-corrected chi connectivity index (χ1v) is 5.19. The molecule has 4 nitrogen and oxygen atoms in total. The van der Waals surface area contributed by atoms with Crippen molar-refractivity contribution in [2.75, 3.05) is 26.2 Å². The van der Waals surface area contributed by atoms with Gasteiger partial charge in [-0.15, -0.1) is 0 Å². The highest BCUT2D eigenvalue weighted by Gasteiger charge is 2.34. The summed E-state index contributed by atoms with van der Waals surface area (Å²) in [6.07, 6.45) is 0. The molecular formula is C10H20N2O2. The lowest BCUT2D eigenvalue weighted by atomic mass is 9.91. The maximum Gasteiger partial charge on any atom is 0.227 e. The van der Waals surface area contributed by atoms with Gasteiger partial charge in [-0.3, -0.25) is 4.79 Å². The quantitative estimate of drug-likeness (QED) is 0.653. The lowest BCUT2D eigenvalue weighted by Gasteiger charge is -2.40. The van der Waals surface area contributed by atoms with Gasteiger partial charge in [-0.25, -0.2) is 0 Å². The molecule has 3 N–H and O–H groups in total. The molecule has 1 saturated heterocycles. The number of likely N-dealkylation sites (tertiary alicyclic amines) is 1. The molecule has 0 spiro atoms. The van der Waals surface area contributed by atoms with Crippen molar-refractivity contribution in [3.05, 3.63) is 0 Å². The van der Waals surface area contributed by atoms with Crippen molar-refractivity contribution in [2.24, 2.45) is 23.5 Å².